The Morgan fingerprint density at radius 1 is 1.44 bits per heavy atom. The molecule has 0 bridgehead atoms. The van der Waals surface area contributed by atoms with Gasteiger partial charge in [-0.3, -0.25) is 0 Å². The molecule has 6 N–H and O–H groups in total. The van der Waals surface area contributed by atoms with Crippen molar-refractivity contribution in [3.8, 4) is 0 Å². The normalized spacial score (nSPS) is 34.4. The van der Waals surface area contributed by atoms with Gasteiger partial charge < -0.3 is 25.8 Å². The molecule has 2 heterocycles. The van der Waals surface area contributed by atoms with Gasteiger partial charge in [0, 0.05) is 0 Å². The van der Waals surface area contributed by atoms with Crippen molar-refractivity contribution in [3.63, 3.8) is 0 Å². The third-order valence-corrected chi connectivity index (χ3v) is 3.22. The second-order valence-electron chi connectivity index (χ2n) is 3.33. The van der Waals surface area contributed by atoms with Crippen molar-refractivity contribution in [3.05, 3.63) is 0 Å². The van der Waals surface area contributed by atoms with Crippen LogP contribution in [0.15, 0.2) is 5.16 Å². The van der Waals surface area contributed by atoms with E-state index in [4.69, 9.17) is 15.6 Å². The Balaban J connectivity index is 2.01. The number of nitrogens with zero attached hydrogens (tertiary/aromatic N) is 2. The summed E-state index contributed by atoms with van der Waals surface area (Å²) >= 11 is 1.03. The number of rotatable bonds is 3. The van der Waals surface area contributed by atoms with Crippen molar-refractivity contribution >= 4 is 17.7 Å². The number of nitrogens with one attached hydrogen (secondary N) is 1. The summed E-state index contributed by atoms with van der Waals surface area (Å²) < 4.78 is 5.23. The zero-order chi connectivity index (χ0) is 11.7. The lowest BCUT2D eigenvalue weighted by Crippen LogP contribution is -2.33. The number of hydrogen-bond donors (Lipinski definition) is 5. The van der Waals surface area contributed by atoms with E-state index < -0.39 is 23.7 Å². The Labute approximate surface area is 94.8 Å². The Hall–Kier alpha value is -0.870. The Bertz CT molecular complexity index is 362. The Kier molecular flexibility index (Phi) is 3.30. The van der Waals surface area contributed by atoms with E-state index in [2.05, 4.69) is 15.2 Å². The van der Waals surface area contributed by atoms with Gasteiger partial charge in [0.2, 0.25) is 11.1 Å². The van der Waals surface area contributed by atoms with Crippen LogP contribution in [0.2, 0.25) is 0 Å². The van der Waals surface area contributed by atoms with E-state index in [-0.39, 0.29) is 12.6 Å². The number of ether oxygens (including phenoxy) is 1. The summed E-state index contributed by atoms with van der Waals surface area (Å²) in [5.41, 5.74) is 4.61. The van der Waals surface area contributed by atoms with Gasteiger partial charge in [-0.05, 0) is 11.8 Å². The van der Waals surface area contributed by atoms with Crippen molar-refractivity contribution in [2.45, 2.75) is 28.9 Å². The third kappa shape index (κ3) is 2.13. The summed E-state index contributed by atoms with van der Waals surface area (Å²) in [6.45, 7) is -0.356. The third-order valence-electron chi connectivity index (χ3n) is 2.20. The van der Waals surface area contributed by atoms with Crippen LogP contribution in [0.1, 0.15) is 0 Å². The fourth-order valence-corrected chi connectivity index (χ4v) is 2.33. The number of aliphatic hydroxyl groups excluding tert-OH is 3. The van der Waals surface area contributed by atoms with Crippen molar-refractivity contribution in [1.82, 2.24) is 15.2 Å². The minimum absolute atomic E-state index is 0.161. The first-order chi connectivity index (χ1) is 7.61. The van der Waals surface area contributed by atoms with Gasteiger partial charge in [-0.15, -0.1) is 5.10 Å². The number of hydrogen-bond acceptors (Lipinski definition) is 8. The van der Waals surface area contributed by atoms with E-state index in [1.54, 1.807) is 0 Å². The molecule has 0 radical (unpaired) electrons. The van der Waals surface area contributed by atoms with Gasteiger partial charge in [0.25, 0.3) is 0 Å². The number of nitrogens with two attached hydrogens (primary N) is 1. The van der Waals surface area contributed by atoms with Gasteiger partial charge >= 0.3 is 0 Å². The average molecular weight is 248 g/mol. The lowest BCUT2D eigenvalue weighted by atomic mass is 10.2. The maximum absolute atomic E-state index is 9.62. The minimum Gasteiger partial charge on any atom is -0.394 e. The molecule has 1 unspecified atom stereocenters. The molecule has 9 heteroatoms. The zero-order valence-electron chi connectivity index (χ0n) is 8.15. The molecule has 1 saturated heterocycles. The second-order valence-corrected chi connectivity index (χ2v) is 4.39. The predicted octanol–water partition coefficient (Wildman–Crippen LogP) is -2.08. The van der Waals surface area contributed by atoms with Gasteiger partial charge in [-0.2, -0.15) is 4.98 Å². The number of H-pyrrole nitrogens is 1. The zero-order valence-corrected chi connectivity index (χ0v) is 8.96. The van der Waals surface area contributed by atoms with Crippen LogP contribution < -0.4 is 5.73 Å². The molecule has 1 aliphatic rings. The standard InChI is InChI=1S/C7H12N4O4S/c8-6-9-7(11-10-6)16-5-4(14)3(13)2(1-12)15-5/h2-5,12-14H,1H2,(H3,8,9,10,11)/t2-,3+,4?,5+/m1/s1. The molecule has 8 nitrogen and oxygen atoms in total. The Morgan fingerprint density at radius 2 is 2.19 bits per heavy atom. The minimum atomic E-state index is -1.11. The fraction of sp³-hybridized carbons (Fsp3) is 0.714. The molecule has 1 fully saturated rings. The molecular weight excluding hydrogens is 236 g/mol. The highest BCUT2D eigenvalue weighted by Gasteiger charge is 2.43. The number of aromatic nitrogens is 3. The van der Waals surface area contributed by atoms with Gasteiger partial charge in [0.1, 0.15) is 23.7 Å². The van der Waals surface area contributed by atoms with Crippen molar-refractivity contribution in [2.24, 2.45) is 0 Å². The largest absolute Gasteiger partial charge is 0.394 e. The summed E-state index contributed by atoms with van der Waals surface area (Å²) in [7, 11) is 0. The summed E-state index contributed by atoms with van der Waals surface area (Å²) in [6.07, 6.45) is -3.00. The van der Waals surface area contributed by atoms with Gasteiger partial charge in [0.15, 0.2) is 0 Å². The van der Waals surface area contributed by atoms with E-state index in [1.165, 1.54) is 0 Å². The van der Waals surface area contributed by atoms with Crippen LogP contribution in [0.25, 0.3) is 0 Å². The van der Waals surface area contributed by atoms with E-state index in [9.17, 15) is 10.2 Å². The molecule has 1 aromatic heterocycles. The van der Waals surface area contributed by atoms with Crippen LogP contribution in [-0.4, -0.2) is 60.9 Å². The second kappa shape index (κ2) is 4.55. The lowest BCUT2D eigenvalue weighted by Gasteiger charge is -2.11. The number of aliphatic hydroxyl groups is 3. The van der Waals surface area contributed by atoms with Crippen LogP contribution in [0.5, 0.6) is 0 Å². The van der Waals surface area contributed by atoms with Crippen molar-refractivity contribution in [1.29, 1.82) is 0 Å². The highest BCUT2D eigenvalue weighted by atomic mass is 32.2. The summed E-state index contributed by atoms with van der Waals surface area (Å²) in [4.78, 5) is 3.82. The molecule has 0 aliphatic carbocycles. The van der Waals surface area contributed by atoms with Crippen LogP contribution in [0, 0.1) is 0 Å². The molecule has 1 aromatic rings. The fourth-order valence-electron chi connectivity index (χ4n) is 1.38. The van der Waals surface area contributed by atoms with Crippen molar-refractivity contribution in [2.75, 3.05) is 12.3 Å². The maximum Gasteiger partial charge on any atom is 0.216 e. The summed E-state index contributed by atoms with van der Waals surface area (Å²) in [6, 6.07) is 0. The molecule has 4 atom stereocenters. The highest BCUT2D eigenvalue weighted by molar-refractivity contribution is 7.99. The van der Waals surface area contributed by atoms with E-state index in [0.717, 1.165) is 11.8 Å². The Morgan fingerprint density at radius 3 is 2.69 bits per heavy atom. The maximum atomic E-state index is 9.62. The van der Waals surface area contributed by atoms with Crippen LogP contribution >= 0.6 is 11.8 Å². The van der Waals surface area contributed by atoms with Gasteiger partial charge in [-0.1, -0.05) is 0 Å². The van der Waals surface area contributed by atoms with Gasteiger partial charge in [0.05, 0.1) is 6.61 Å². The average Bonchev–Trinajstić information content (AvgIpc) is 2.78. The van der Waals surface area contributed by atoms with Crippen LogP contribution in [-0.2, 0) is 4.74 Å². The number of thioether (sulfide) groups is 1. The lowest BCUT2D eigenvalue weighted by molar-refractivity contribution is -0.00810. The number of anilines is 1. The highest BCUT2D eigenvalue weighted by Crippen LogP contribution is 2.32. The van der Waals surface area contributed by atoms with Crippen LogP contribution in [0.3, 0.4) is 0 Å². The molecule has 0 amide bonds. The first-order valence-electron chi connectivity index (χ1n) is 4.59. The predicted molar refractivity (Wildman–Crippen MR) is 54.4 cm³/mol. The number of nitrogen functional groups attached to an aromatic ring is 1. The molecule has 90 valence electrons. The summed E-state index contributed by atoms with van der Waals surface area (Å²) in [5, 5.41) is 34.5. The molecular formula is C7H12N4O4S. The molecule has 16 heavy (non-hydrogen) atoms. The molecule has 2 rings (SSSR count). The smallest absolute Gasteiger partial charge is 0.216 e. The summed E-state index contributed by atoms with van der Waals surface area (Å²) in [5.74, 6) is 0.161. The molecule has 0 spiro atoms. The SMILES string of the molecule is Nc1nc(S[C@@H]2O[C@H](CO)[C@H](O)C2O)n[nH]1. The van der Waals surface area contributed by atoms with E-state index in [0.29, 0.717) is 5.16 Å². The molecule has 1 aliphatic heterocycles. The van der Waals surface area contributed by atoms with E-state index in [1.807, 2.05) is 0 Å². The number of aromatic amines is 1. The topological polar surface area (TPSA) is 138 Å². The first kappa shape index (κ1) is 11.6. The first-order valence-corrected chi connectivity index (χ1v) is 5.46. The van der Waals surface area contributed by atoms with Gasteiger partial charge in [-0.25, -0.2) is 5.10 Å². The quantitative estimate of drug-likeness (QED) is 0.411. The van der Waals surface area contributed by atoms with Crippen molar-refractivity contribution < 1.29 is 20.1 Å². The monoisotopic (exact) mass is 248 g/mol. The van der Waals surface area contributed by atoms with E-state index >= 15 is 0 Å². The molecule has 0 aromatic carbocycles. The van der Waals surface area contributed by atoms with Crippen LogP contribution in [0.4, 0.5) is 5.95 Å². The molecule has 0 saturated carbocycles.